The van der Waals surface area contributed by atoms with Crippen molar-refractivity contribution in [3.8, 4) is 0 Å². The second-order valence-electron chi connectivity index (χ2n) is 5.08. The highest BCUT2D eigenvalue weighted by Gasteiger charge is 2.32. The third-order valence-corrected chi connectivity index (χ3v) is 4.39. The number of amides is 2. The van der Waals surface area contributed by atoms with Crippen molar-refractivity contribution < 1.29 is 19.2 Å². The summed E-state index contributed by atoms with van der Waals surface area (Å²) in [5, 5.41) is 2.79. The van der Waals surface area contributed by atoms with E-state index in [1.807, 2.05) is 0 Å². The monoisotopic (exact) mass is 300 g/mol. The normalized spacial score (nSPS) is 23.1. The molecule has 2 unspecified atom stereocenters. The predicted molar refractivity (Wildman–Crippen MR) is 75.8 cm³/mol. The van der Waals surface area contributed by atoms with E-state index in [1.165, 1.54) is 25.6 Å². The van der Waals surface area contributed by atoms with E-state index in [9.17, 15) is 19.2 Å². The van der Waals surface area contributed by atoms with Crippen molar-refractivity contribution in [3.63, 3.8) is 0 Å². The van der Waals surface area contributed by atoms with Gasteiger partial charge in [-0.3, -0.25) is 19.2 Å². The van der Waals surface area contributed by atoms with Gasteiger partial charge < -0.3 is 11.1 Å². The highest BCUT2D eigenvalue weighted by molar-refractivity contribution is 8.14. The molecule has 112 valence electrons. The summed E-state index contributed by atoms with van der Waals surface area (Å²) in [5.74, 6) is -1.36. The van der Waals surface area contributed by atoms with Crippen LogP contribution in [0.25, 0.3) is 0 Å². The van der Waals surface area contributed by atoms with E-state index in [-0.39, 0.29) is 34.4 Å². The number of nitrogens with one attached hydrogen (secondary N) is 1. The molecule has 1 saturated carbocycles. The molecule has 0 saturated heterocycles. The van der Waals surface area contributed by atoms with Crippen LogP contribution >= 0.6 is 11.8 Å². The van der Waals surface area contributed by atoms with Gasteiger partial charge in [0.2, 0.25) is 11.8 Å². The van der Waals surface area contributed by atoms with Gasteiger partial charge in [0, 0.05) is 18.1 Å². The minimum Gasteiger partial charge on any atom is -0.370 e. The number of primary amides is 1. The van der Waals surface area contributed by atoms with Gasteiger partial charge in [-0.05, 0) is 26.2 Å². The van der Waals surface area contributed by atoms with Gasteiger partial charge in [0.1, 0.15) is 0 Å². The number of carbonyl (C=O) groups excluding carboxylic acids is 4. The first-order chi connectivity index (χ1) is 9.29. The third-order valence-electron chi connectivity index (χ3n) is 3.30. The maximum atomic E-state index is 12.1. The van der Waals surface area contributed by atoms with Crippen molar-refractivity contribution in [2.45, 2.75) is 50.8 Å². The third kappa shape index (κ3) is 5.32. The van der Waals surface area contributed by atoms with E-state index in [1.54, 1.807) is 0 Å². The maximum Gasteiger partial charge on any atom is 0.223 e. The zero-order valence-electron chi connectivity index (χ0n) is 11.7. The second kappa shape index (κ2) is 7.42. The summed E-state index contributed by atoms with van der Waals surface area (Å²) in [7, 11) is 0. The Balaban J connectivity index is 2.51. The summed E-state index contributed by atoms with van der Waals surface area (Å²) in [6.45, 7) is 2.83. The molecule has 0 aliphatic heterocycles. The molecule has 6 nitrogen and oxygen atoms in total. The molecule has 1 rings (SSSR count). The number of nitrogens with two attached hydrogens (primary N) is 1. The van der Waals surface area contributed by atoms with Gasteiger partial charge in [-0.25, -0.2) is 0 Å². The molecule has 7 heteroatoms. The molecule has 0 heterocycles. The number of thioether (sulfide) groups is 1. The summed E-state index contributed by atoms with van der Waals surface area (Å²) < 4.78 is 0. The molecule has 0 radical (unpaired) electrons. The molecule has 0 aromatic heterocycles. The number of carbonyl (C=O) groups is 4. The van der Waals surface area contributed by atoms with E-state index in [0.717, 1.165) is 6.42 Å². The smallest absolute Gasteiger partial charge is 0.223 e. The van der Waals surface area contributed by atoms with Gasteiger partial charge in [0.15, 0.2) is 10.9 Å². The van der Waals surface area contributed by atoms with Gasteiger partial charge in [-0.15, -0.1) is 0 Å². The number of rotatable bonds is 6. The average Bonchev–Trinajstić information content (AvgIpc) is 2.74. The minimum absolute atomic E-state index is 0.0476. The number of ketones is 1. The van der Waals surface area contributed by atoms with E-state index in [4.69, 9.17) is 5.73 Å². The number of Topliss-reactive ketones (excluding diaryl/α,β-unsaturated/α-hetero) is 1. The first-order valence-corrected chi connectivity index (χ1v) is 7.44. The second-order valence-corrected chi connectivity index (χ2v) is 6.56. The van der Waals surface area contributed by atoms with Crippen LogP contribution in [0.15, 0.2) is 0 Å². The Hall–Kier alpha value is -1.37. The highest BCUT2D eigenvalue weighted by Crippen LogP contribution is 2.34. The molecule has 0 aromatic carbocycles. The molecule has 1 aliphatic carbocycles. The largest absolute Gasteiger partial charge is 0.370 e. The molecule has 0 spiro atoms. The lowest BCUT2D eigenvalue weighted by Crippen LogP contribution is -2.44. The van der Waals surface area contributed by atoms with Crippen LogP contribution in [0.5, 0.6) is 0 Å². The van der Waals surface area contributed by atoms with Crippen molar-refractivity contribution >= 4 is 34.5 Å². The lowest BCUT2D eigenvalue weighted by Gasteiger charge is -2.17. The average molecular weight is 300 g/mol. The van der Waals surface area contributed by atoms with Crippen LogP contribution in [0, 0.1) is 5.92 Å². The summed E-state index contributed by atoms with van der Waals surface area (Å²) >= 11 is 1.26. The maximum absolute atomic E-state index is 12.1. The number of hydrogen-bond acceptors (Lipinski definition) is 5. The first kappa shape index (κ1) is 16.7. The van der Waals surface area contributed by atoms with Crippen molar-refractivity contribution in [2.75, 3.05) is 0 Å². The Bertz CT molecular complexity index is 425. The lowest BCUT2D eigenvalue weighted by molar-refractivity contribution is -0.131. The Labute approximate surface area is 122 Å². The van der Waals surface area contributed by atoms with E-state index < -0.39 is 11.9 Å². The SMILES string of the molecule is CC(=O)SC1CCC(C(=O)N[C@@H](CC(N)=O)C(C)=O)C1. The van der Waals surface area contributed by atoms with Crippen LogP contribution in [-0.4, -0.2) is 34.0 Å². The molecule has 20 heavy (non-hydrogen) atoms. The van der Waals surface area contributed by atoms with Crippen molar-refractivity contribution in [3.05, 3.63) is 0 Å². The Morgan fingerprint density at radius 3 is 2.40 bits per heavy atom. The quantitative estimate of drug-likeness (QED) is 0.737. The minimum atomic E-state index is -0.848. The van der Waals surface area contributed by atoms with Crippen molar-refractivity contribution in [2.24, 2.45) is 11.7 Å². The van der Waals surface area contributed by atoms with Crippen LogP contribution in [0.4, 0.5) is 0 Å². The lowest BCUT2D eigenvalue weighted by atomic mass is 10.0. The van der Waals surface area contributed by atoms with Crippen LogP contribution in [-0.2, 0) is 19.2 Å². The summed E-state index contributed by atoms with van der Waals surface area (Å²) in [6, 6.07) is -0.848. The highest BCUT2D eigenvalue weighted by atomic mass is 32.2. The molecule has 3 N–H and O–H groups in total. The van der Waals surface area contributed by atoms with Crippen molar-refractivity contribution in [1.29, 1.82) is 0 Å². The molecule has 3 atom stereocenters. The molecular formula is C13H20N2O4S. The molecule has 2 amide bonds. The number of hydrogen-bond donors (Lipinski definition) is 2. The first-order valence-electron chi connectivity index (χ1n) is 6.56. The fourth-order valence-electron chi connectivity index (χ4n) is 2.31. The predicted octanol–water partition coefficient (Wildman–Crippen LogP) is 0.384. The van der Waals surface area contributed by atoms with Gasteiger partial charge in [-0.1, -0.05) is 11.8 Å². The Kier molecular flexibility index (Phi) is 6.19. The molecular weight excluding hydrogens is 280 g/mol. The Morgan fingerprint density at radius 1 is 1.25 bits per heavy atom. The van der Waals surface area contributed by atoms with E-state index in [0.29, 0.717) is 12.8 Å². The molecule has 0 bridgehead atoms. The van der Waals surface area contributed by atoms with Gasteiger partial charge >= 0.3 is 0 Å². The zero-order chi connectivity index (χ0) is 15.3. The summed E-state index contributed by atoms with van der Waals surface area (Å²) in [5.41, 5.74) is 5.05. The summed E-state index contributed by atoms with van der Waals surface area (Å²) in [6.07, 6.45) is 1.94. The Morgan fingerprint density at radius 2 is 1.90 bits per heavy atom. The van der Waals surface area contributed by atoms with Crippen LogP contribution < -0.4 is 11.1 Å². The molecule has 0 aromatic rings. The van der Waals surface area contributed by atoms with Crippen LogP contribution in [0.2, 0.25) is 0 Å². The topological polar surface area (TPSA) is 106 Å². The van der Waals surface area contributed by atoms with Gasteiger partial charge in [-0.2, -0.15) is 0 Å². The summed E-state index contributed by atoms with van der Waals surface area (Å²) in [4.78, 5) is 45.3. The van der Waals surface area contributed by atoms with Crippen LogP contribution in [0.3, 0.4) is 0 Å². The van der Waals surface area contributed by atoms with Crippen LogP contribution in [0.1, 0.15) is 39.5 Å². The van der Waals surface area contributed by atoms with Crippen molar-refractivity contribution in [1.82, 2.24) is 5.32 Å². The van der Waals surface area contributed by atoms with Gasteiger partial charge in [0.05, 0.1) is 12.5 Å². The van der Waals surface area contributed by atoms with Gasteiger partial charge in [0.25, 0.3) is 0 Å². The standard InChI is InChI=1S/C13H20N2O4S/c1-7(16)11(6-12(14)18)15-13(19)9-3-4-10(5-9)20-8(2)17/h9-11H,3-6H2,1-2H3,(H2,14,18)(H,15,19)/t9?,10?,11-/m0/s1. The van der Waals surface area contributed by atoms with E-state index in [2.05, 4.69) is 5.32 Å². The molecule has 1 fully saturated rings. The molecule has 1 aliphatic rings. The van der Waals surface area contributed by atoms with E-state index >= 15 is 0 Å². The fraction of sp³-hybridized carbons (Fsp3) is 0.692. The fourth-order valence-corrected chi connectivity index (χ4v) is 3.36. The zero-order valence-corrected chi connectivity index (χ0v) is 12.5.